The molecule has 0 atom stereocenters. The summed E-state index contributed by atoms with van der Waals surface area (Å²) in [6, 6.07) is 9.78. The predicted molar refractivity (Wildman–Crippen MR) is 76.6 cm³/mol. The number of para-hydroxylation sites is 1. The zero-order valence-electron chi connectivity index (χ0n) is 11.4. The molecule has 0 aliphatic heterocycles. The third-order valence-corrected chi connectivity index (χ3v) is 3.60. The second-order valence-electron chi connectivity index (χ2n) is 5.18. The van der Waals surface area contributed by atoms with Crippen molar-refractivity contribution < 1.29 is 14.7 Å². The molecule has 1 amide bonds. The largest absolute Gasteiger partial charge is 0.480 e. The number of hydrogen-bond acceptors (Lipinski definition) is 3. The average Bonchev–Trinajstić information content (AvgIpc) is 2.40. The van der Waals surface area contributed by atoms with Crippen LogP contribution in [0.2, 0.25) is 0 Å². The van der Waals surface area contributed by atoms with Crippen molar-refractivity contribution in [3.8, 4) is 0 Å². The molecule has 108 valence electrons. The molecular formula is C15H20N2O3. The molecule has 5 nitrogen and oxygen atoms in total. The Bertz CT molecular complexity index is 457. The van der Waals surface area contributed by atoms with E-state index in [2.05, 4.69) is 5.32 Å². The van der Waals surface area contributed by atoms with Gasteiger partial charge < -0.3 is 15.3 Å². The minimum atomic E-state index is -1.02. The number of aliphatic carboxylic acids is 1. The van der Waals surface area contributed by atoms with E-state index in [1.165, 1.54) is 19.3 Å². The minimum Gasteiger partial charge on any atom is -0.480 e. The average molecular weight is 276 g/mol. The molecule has 5 heteroatoms. The van der Waals surface area contributed by atoms with E-state index in [0.717, 1.165) is 12.2 Å². The van der Waals surface area contributed by atoms with Gasteiger partial charge in [0.25, 0.3) is 0 Å². The van der Waals surface area contributed by atoms with Gasteiger partial charge in [-0.2, -0.15) is 0 Å². The SMILES string of the molecule is O=C(O)CNC(=O)CN(CC1CCC1)c1ccccc1. The summed E-state index contributed by atoms with van der Waals surface area (Å²) >= 11 is 0. The molecule has 2 N–H and O–H groups in total. The monoisotopic (exact) mass is 276 g/mol. The molecule has 2 rings (SSSR count). The number of carboxylic acids is 1. The van der Waals surface area contributed by atoms with Crippen molar-refractivity contribution in [3.63, 3.8) is 0 Å². The third-order valence-electron chi connectivity index (χ3n) is 3.60. The van der Waals surface area contributed by atoms with Crippen LogP contribution in [0.4, 0.5) is 5.69 Å². The Morgan fingerprint density at radius 2 is 1.95 bits per heavy atom. The molecule has 1 aliphatic carbocycles. The topological polar surface area (TPSA) is 69.6 Å². The first kappa shape index (κ1) is 14.4. The molecule has 0 unspecified atom stereocenters. The van der Waals surface area contributed by atoms with Crippen LogP contribution in [0.5, 0.6) is 0 Å². The van der Waals surface area contributed by atoms with E-state index in [0.29, 0.717) is 5.92 Å². The zero-order valence-corrected chi connectivity index (χ0v) is 11.4. The predicted octanol–water partition coefficient (Wildman–Crippen LogP) is 1.49. The van der Waals surface area contributed by atoms with Crippen molar-refractivity contribution in [2.75, 3.05) is 24.5 Å². The molecule has 0 saturated heterocycles. The summed E-state index contributed by atoms with van der Waals surface area (Å²) in [5.41, 5.74) is 1.00. The molecule has 1 saturated carbocycles. The van der Waals surface area contributed by atoms with Gasteiger partial charge in [-0.1, -0.05) is 24.6 Å². The number of rotatable bonds is 7. The molecule has 1 aliphatic rings. The fourth-order valence-electron chi connectivity index (χ4n) is 2.29. The molecule has 0 aromatic heterocycles. The van der Waals surface area contributed by atoms with Crippen molar-refractivity contribution >= 4 is 17.6 Å². The van der Waals surface area contributed by atoms with E-state index < -0.39 is 5.97 Å². The van der Waals surface area contributed by atoms with E-state index in [4.69, 9.17) is 5.11 Å². The summed E-state index contributed by atoms with van der Waals surface area (Å²) in [6.45, 7) is 0.725. The number of carboxylic acid groups (broad SMARTS) is 1. The highest BCUT2D eigenvalue weighted by Gasteiger charge is 2.22. The van der Waals surface area contributed by atoms with E-state index in [9.17, 15) is 9.59 Å². The number of anilines is 1. The molecule has 0 heterocycles. The Morgan fingerprint density at radius 3 is 2.50 bits per heavy atom. The molecule has 0 radical (unpaired) electrons. The van der Waals surface area contributed by atoms with Crippen LogP contribution in [0.1, 0.15) is 19.3 Å². The molecule has 1 aromatic rings. The van der Waals surface area contributed by atoms with Gasteiger partial charge in [0.15, 0.2) is 0 Å². The Hall–Kier alpha value is -2.04. The smallest absolute Gasteiger partial charge is 0.322 e. The maximum atomic E-state index is 11.8. The van der Waals surface area contributed by atoms with Crippen LogP contribution >= 0.6 is 0 Å². The van der Waals surface area contributed by atoms with Crippen LogP contribution in [-0.4, -0.2) is 36.6 Å². The van der Waals surface area contributed by atoms with Gasteiger partial charge in [-0.25, -0.2) is 0 Å². The van der Waals surface area contributed by atoms with Gasteiger partial charge in [-0.15, -0.1) is 0 Å². The van der Waals surface area contributed by atoms with Crippen LogP contribution < -0.4 is 10.2 Å². The quantitative estimate of drug-likeness (QED) is 0.791. The first-order valence-electron chi connectivity index (χ1n) is 6.93. The van der Waals surface area contributed by atoms with Gasteiger partial charge in [-0.3, -0.25) is 9.59 Å². The van der Waals surface area contributed by atoms with Crippen LogP contribution in [-0.2, 0) is 9.59 Å². The molecule has 1 aromatic carbocycles. The number of benzene rings is 1. The highest BCUT2D eigenvalue weighted by atomic mass is 16.4. The highest BCUT2D eigenvalue weighted by molar-refractivity contribution is 5.84. The fraction of sp³-hybridized carbons (Fsp3) is 0.467. The summed E-state index contributed by atoms with van der Waals surface area (Å²) in [5.74, 6) is -0.637. The van der Waals surface area contributed by atoms with E-state index in [1.54, 1.807) is 0 Å². The Balaban J connectivity index is 1.95. The zero-order chi connectivity index (χ0) is 14.4. The lowest BCUT2D eigenvalue weighted by Crippen LogP contribution is -2.42. The molecule has 0 bridgehead atoms. The third kappa shape index (κ3) is 4.26. The van der Waals surface area contributed by atoms with Gasteiger partial charge in [-0.05, 0) is 30.9 Å². The molecular weight excluding hydrogens is 256 g/mol. The summed E-state index contributed by atoms with van der Waals surface area (Å²) in [7, 11) is 0. The van der Waals surface area contributed by atoms with E-state index >= 15 is 0 Å². The number of nitrogens with zero attached hydrogens (tertiary/aromatic N) is 1. The lowest BCUT2D eigenvalue weighted by molar-refractivity contribution is -0.137. The van der Waals surface area contributed by atoms with Crippen LogP contribution in [0.3, 0.4) is 0 Å². The first-order chi connectivity index (χ1) is 9.65. The maximum Gasteiger partial charge on any atom is 0.322 e. The number of carbonyl (C=O) groups is 2. The molecule has 0 spiro atoms. The standard InChI is InChI=1S/C15H20N2O3/c18-14(16-9-15(19)20)11-17(10-12-5-4-6-12)13-7-2-1-3-8-13/h1-3,7-8,12H,4-6,9-11H2,(H,16,18)(H,19,20). The number of hydrogen-bond donors (Lipinski definition) is 2. The van der Waals surface area contributed by atoms with Crippen molar-refractivity contribution in [1.82, 2.24) is 5.32 Å². The normalized spacial score (nSPS) is 14.4. The lowest BCUT2D eigenvalue weighted by Gasteiger charge is -2.33. The Morgan fingerprint density at radius 1 is 1.25 bits per heavy atom. The van der Waals surface area contributed by atoms with Gasteiger partial charge in [0, 0.05) is 12.2 Å². The minimum absolute atomic E-state index is 0.202. The summed E-state index contributed by atoms with van der Waals surface area (Å²) in [4.78, 5) is 24.3. The van der Waals surface area contributed by atoms with Crippen LogP contribution in [0.15, 0.2) is 30.3 Å². The second kappa shape index (κ2) is 6.93. The van der Waals surface area contributed by atoms with Gasteiger partial charge in [0.1, 0.15) is 6.54 Å². The van der Waals surface area contributed by atoms with Crippen LogP contribution in [0, 0.1) is 5.92 Å². The van der Waals surface area contributed by atoms with E-state index in [-0.39, 0.29) is 19.0 Å². The van der Waals surface area contributed by atoms with Gasteiger partial charge >= 0.3 is 5.97 Å². The molecule has 1 fully saturated rings. The second-order valence-corrected chi connectivity index (χ2v) is 5.18. The number of amides is 1. The van der Waals surface area contributed by atoms with Gasteiger partial charge in [0.05, 0.1) is 6.54 Å². The lowest BCUT2D eigenvalue weighted by atomic mass is 9.85. The Labute approximate surface area is 118 Å². The fourth-order valence-corrected chi connectivity index (χ4v) is 2.29. The molecule has 20 heavy (non-hydrogen) atoms. The van der Waals surface area contributed by atoms with Crippen molar-refractivity contribution in [3.05, 3.63) is 30.3 Å². The van der Waals surface area contributed by atoms with Crippen molar-refractivity contribution in [2.24, 2.45) is 5.92 Å². The number of nitrogens with one attached hydrogen (secondary N) is 1. The van der Waals surface area contributed by atoms with Crippen molar-refractivity contribution in [2.45, 2.75) is 19.3 Å². The summed E-state index contributed by atoms with van der Waals surface area (Å²) < 4.78 is 0. The Kier molecular flexibility index (Phi) is 4.98. The van der Waals surface area contributed by atoms with Crippen molar-refractivity contribution in [1.29, 1.82) is 0 Å². The summed E-state index contributed by atoms with van der Waals surface area (Å²) in [5, 5.41) is 11.0. The summed E-state index contributed by atoms with van der Waals surface area (Å²) in [6.07, 6.45) is 3.68. The van der Waals surface area contributed by atoms with Crippen LogP contribution in [0.25, 0.3) is 0 Å². The first-order valence-corrected chi connectivity index (χ1v) is 6.93. The maximum absolute atomic E-state index is 11.8. The van der Waals surface area contributed by atoms with E-state index in [1.807, 2.05) is 35.2 Å². The van der Waals surface area contributed by atoms with Gasteiger partial charge in [0.2, 0.25) is 5.91 Å². The number of carbonyl (C=O) groups excluding carboxylic acids is 1. The highest BCUT2D eigenvalue weighted by Crippen LogP contribution is 2.28.